The van der Waals surface area contributed by atoms with Gasteiger partial charge in [-0.2, -0.15) is 11.8 Å². The lowest BCUT2D eigenvalue weighted by Gasteiger charge is -2.41. The third kappa shape index (κ3) is 7.97. The Hall–Kier alpha value is -1.85. The van der Waals surface area contributed by atoms with Crippen LogP contribution >= 0.6 is 11.8 Å². The van der Waals surface area contributed by atoms with E-state index < -0.39 is 42.7 Å². The minimum atomic E-state index is -1.50. The van der Waals surface area contributed by atoms with Gasteiger partial charge in [-0.3, -0.25) is 0 Å². The summed E-state index contributed by atoms with van der Waals surface area (Å²) in [6, 6.07) is 7.85. The van der Waals surface area contributed by atoms with Crippen molar-refractivity contribution in [3.05, 3.63) is 35.9 Å². The van der Waals surface area contributed by atoms with Crippen molar-refractivity contribution in [2.45, 2.75) is 63.4 Å². The van der Waals surface area contributed by atoms with Crippen LogP contribution in [0, 0.1) is 5.92 Å². The predicted octanol–water partition coefficient (Wildman–Crippen LogP) is 1.34. The Balaban J connectivity index is 1.84. The second-order valence-corrected chi connectivity index (χ2v) is 8.56. The van der Waals surface area contributed by atoms with Crippen molar-refractivity contribution in [2.75, 3.05) is 11.5 Å². The van der Waals surface area contributed by atoms with Gasteiger partial charge in [-0.25, -0.2) is 9.59 Å². The molecule has 31 heavy (non-hydrogen) atoms. The molecule has 0 saturated carbocycles. The molecule has 0 radical (unpaired) electrons. The molecule has 1 aliphatic rings. The maximum atomic E-state index is 12.0. The first-order chi connectivity index (χ1) is 14.8. The Kier molecular flexibility index (Phi) is 10.6. The number of unbranched alkanes of at least 4 members (excludes halogenated alkanes) is 1. The first kappa shape index (κ1) is 25.4. The largest absolute Gasteiger partial charge is 0.480 e. The summed E-state index contributed by atoms with van der Waals surface area (Å²) in [7, 11) is 0. The number of hydrogen-bond donors (Lipinski definition) is 5. The van der Waals surface area contributed by atoms with Crippen molar-refractivity contribution < 1.29 is 39.5 Å². The number of benzene rings is 1. The average Bonchev–Trinajstić information content (AvgIpc) is 2.75. The van der Waals surface area contributed by atoms with E-state index in [2.05, 4.69) is 5.32 Å². The van der Waals surface area contributed by atoms with Crippen molar-refractivity contribution in [3.63, 3.8) is 0 Å². The lowest BCUT2D eigenvalue weighted by Crippen LogP contribution is -2.55. The van der Waals surface area contributed by atoms with Crippen LogP contribution in [0.2, 0.25) is 0 Å². The summed E-state index contributed by atoms with van der Waals surface area (Å²) in [4.78, 5) is 23.5. The highest BCUT2D eigenvalue weighted by atomic mass is 32.2. The van der Waals surface area contributed by atoms with Gasteiger partial charge < -0.3 is 35.2 Å². The molecule has 1 amide bonds. The number of rotatable bonds is 11. The number of carbonyl (C=O) groups excluding carboxylic acids is 1. The van der Waals surface area contributed by atoms with E-state index in [0.717, 1.165) is 18.4 Å². The molecule has 0 bridgehead atoms. The number of carboxylic acid groups (broad SMARTS) is 1. The van der Waals surface area contributed by atoms with E-state index in [1.165, 1.54) is 11.8 Å². The van der Waals surface area contributed by atoms with Gasteiger partial charge in [0.2, 0.25) is 0 Å². The zero-order valence-corrected chi connectivity index (χ0v) is 18.2. The standard InChI is InChI=1S/C21H31NO8S/c1-2-3-9-14-16(30-20(27)18(24)17(14)23)12-31-11-15(19(25)26)22-21(28)29-10-13-7-5-4-6-8-13/h4-8,14-18,20,23-24,27H,2-3,9-12H2,1H3,(H,22,28)(H,25,26). The third-order valence-electron chi connectivity index (χ3n) is 5.13. The summed E-state index contributed by atoms with van der Waals surface area (Å²) in [6.45, 7) is 2.03. The molecule has 1 heterocycles. The Labute approximate surface area is 185 Å². The van der Waals surface area contributed by atoms with Crippen LogP contribution in [0.5, 0.6) is 0 Å². The van der Waals surface area contributed by atoms with E-state index in [1.807, 2.05) is 13.0 Å². The van der Waals surface area contributed by atoms with Crippen molar-refractivity contribution in [2.24, 2.45) is 5.92 Å². The normalized spacial score (nSPS) is 26.8. The van der Waals surface area contributed by atoms with Crippen LogP contribution in [0.3, 0.4) is 0 Å². The van der Waals surface area contributed by atoms with Gasteiger partial charge in [-0.1, -0.05) is 50.1 Å². The first-order valence-electron chi connectivity index (χ1n) is 10.3. The van der Waals surface area contributed by atoms with Gasteiger partial charge in [0, 0.05) is 17.4 Å². The van der Waals surface area contributed by atoms with Crippen LogP contribution in [0.15, 0.2) is 30.3 Å². The Morgan fingerprint density at radius 2 is 1.90 bits per heavy atom. The molecule has 0 aromatic heterocycles. The number of carboxylic acids is 1. The van der Waals surface area contributed by atoms with Gasteiger partial charge in [0.1, 0.15) is 18.8 Å². The maximum Gasteiger partial charge on any atom is 0.408 e. The second-order valence-electron chi connectivity index (χ2n) is 7.49. The monoisotopic (exact) mass is 457 g/mol. The fourth-order valence-electron chi connectivity index (χ4n) is 3.35. The van der Waals surface area contributed by atoms with E-state index in [9.17, 15) is 30.0 Å². The van der Waals surface area contributed by atoms with E-state index in [1.54, 1.807) is 24.3 Å². The average molecular weight is 458 g/mol. The molecule has 10 heteroatoms. The van der Waals surface area contributed by atoms with Gasteiger partial charge in [0.25, 0.3) is 0 Å². The van der Waals surface area contributed by atoms with Gasteiger partial charge in [0.15, 0.2) is 6.29 Å². The highest BCUT2D eigenvalue weighted by Gasteiger charge is 2.43. The fourth-order valence-corrected chi connectivity index (χ4v) is 4.50. The molecule has 6 unspecified atom stereocenters. The highest BCUT2D eigenvalue weighted by Crippen LogP contribution is 2.31. The summed E-state index contributed by atoms with van der Waals surface area (Å²) >= 11 is 1.22. The van der Waals surface area contributed by atoms with Crippen LogP contribution in [-0.2, 0) is 20.9 Å². The zero-order valence-electron chi connectivity index (χ0n) is 17.4. The Morgan fingerprint density at radius 1 is 1.19 bits per heavy atom. The molecule has 1 fully saturated rings. The molecule has 6 atom stereocenters. The van der Waals surface area contributed by atoms with Crippen LogP contribution in [0.25, 0.3) is 0 Å². The molecule has 0 aliphatic carbocycles. The number of nitrogens with one attached hydrogen (secondary N) is 1. The van der Waals surface area contributed by atoms with E-state index in [-0.39, 0.29) is 18.3 Å². The summed E-state index contributed by atoms with van der Waals surface area (Å²) in [5, 5.41) is 41.7. The van der Waals surface area contributed by atoms with Crippen molar-refractivity contribution in [1.82, 2.24) is 5.32 Å². The smallest absolute Gasteiger partial charge is 0.408 e. The number of hydrogen-bond acceptors (Lipinski definition) is 8. The number of aliphatic hydroxyl groups excluding tert-OH is 3. The topological polar surface area (TPSA) is 146 Å². The number of ether oxygens (including phenoxy) is 2. The van der Waals surface area contributed by atoms with Gasteiger partial charge in [0.05, 0.1) is 12.2 Å². The summed E-state index contributed by atoms with van der Waals surface area (Å²) in [5.74, 6) is -1.24. The number of amides is 1. The fraction of sp³-hybridized carbons (Fsp3) is 0.619. The highest BCUT2D eigenvalue weighted by molar-refractivity contribution is 7.99. The quantitative estimate of drug-likeness (QED) is 0.332. The minimum absolute atomic E-state index is 0.0271. The lowest BCUT2D eigenvalue weighted by atomic mass is 9.86. The van der Waals surface area contributed by atoms with Crippen molar-refractivity contribution >= 4 is 23.8 Å². The van der Waals surface area contributed by atoms with Gasteiger partial charge in [-0.05, 0) is 12.0 Å². The number of aliphatic carboxylic acids is 1. The summed E-state index contributed by atoms with van der Waals surface area (Å²) < 4.78 is 10.5. The molecule has 1 aromatic carbocycles. The molecule has 1 aromatic rings. The molecule has 1 saturated heterocycles. The molecule has 0 spiro atoms. The van der Waals surface area contributed by atoms with Crippen LogP contribution in [-0.4, -0.2) is 74.6 Å². The predicted molar refractivity (Wildman–Crippen MR) is 114 cm³/mol. The van der Waals surface area contributed by atoms with Crippen LogP contribution < -0.4 is 5.32 Å². The second kappa shape index (κ2) is 12.9. The van der Waals surface area contributed by atoms with E-state index in [0.29, 0.717) is 12.2 Å². The van der Waals surface area contributed by atoms with E-state index in [4.69, 9.17) is 9.47 Å². The molecule has 5 N–H and O–H groups in total. The molecule has 2 rings (SSSR count). The molecule has 9 nitrogen and oxygen atoms in total. The van der Waals surface area contributed by atoms with Crippen LogP contribution in [0.4, 0.5) is 4.79 Å². The number of carbonyl (C=O) groups is 2. The van der Waals surface area contributed by atoms with Crippen LogP contribution in [0.1, 0.15) is 31.7 Å². The number of alkyl carbamates (subject to hydrolysis) is 1. The number of thioether (sulfide) groups is 1. The van der Waals surface area contributed by atoms with Crippen molar-refractivity contribution in [1.29, 1.82) is 0 Å². The van der Waals surface area contributed by atoms with E-state index >= 15 is 0 Å². The SMILES string of the molecule is CCCCC1C(CSCC(NC(=O)OCc2ccccc2)C(=O)O)OC(O)C(O)C1O. The summed E-state index contributed by atoms with van der Waals surface area (Å²) in [5.41, 5.74) is 0.783. The summed E-state index contributed by atoms with van der Waals surface area (Å²) in [6.07, 6.45) is -3.05. The zero-order chi connectivity index (χ0) is 22.8. The Bertz CT molecular complexity index is 691. The molecule has 174 valence electrons. The first-order valence-corrected chi connectivity index (χ1v) is 11.5. The Morgan fingerprint density at radius 3 is 2.55 bits per heavy atom. The molecule has 1 aliphatic heterocycles. The van der Waals surface area contributed by atoms with Gasteiger partial charge in [-0.15, -0.1) is 0 Å². The lowest BCUT2D eigenvalue weighted by molar-refractivity contribution is -0.264. The maximum absolute atomic E-state index is 12.0. The molecular formula is C21H31NO8S. The van der Waals surface area contributed by atoms with Gasteiger partial charge >= 0.3 is 12.1 Å². The van der Waals surface area contributed by atoms with Crippen molar-refractivity contribution in [3.8, 4) is 0 Å². The minimum Gasteiger partial charge on any atom is -0.480 e. The molecular weight excluding hydrogens is 426 g/mol. The number of aliphatic hydroxyl groups is 3. The third-order valence-corrected chi connectivity index (χ3v) is 6.27.